The van der Waals surface area contributed by atoms with Gasteiger partial charge in [0.05, 0.1) is 8.79 Å². The van der Waals surface area contributed by atoms with Gasteiger partial charge in [-0.3, -0.25) is 0 Å². The average molecular weight is 277 g/mol. The maximum atomic E-state index is 3.45. The normalized spacial score (nSPS) is 12.8. The van der Waals surface area contributed by atoms with E-state index in [1.807, 2.05) is 7.05 Å². The number of hydrogen-bond donors (Lipinski definition) is 2. The van der Waals surface area contributed by atoms with Gasteiger partial charge in [0.15, 0.2) is 0 Å². The molecule has 0 fully saturated rings. The summed E-state index contributed by atoms with van der Waals surface area (Å²) in [7, 11) is 2.00. The summed E-state index contributed by atoms with van der Waals surface area (Å²) in [6.07, 6.45) is 1.21. The van der Waals surface area contributed by atoms with E-state index in [0.717, 1.165) is 13.1 Å². The highest BCUT2D eigenvalue weighted by molar-refractivity contribution is 9.11. The van der Waals surface area contributed by atoms with Gasteiger partial charge in [0.2, 0.25) is 0 Å². The van der Waals surface area contributed by atoms with E-state index in [-0.39, 0.29) is 0 Å². The van der Waals surface area contributed by atoms with Gasteiger partial charge in [-0.1, -0.05) is 13.3 Å². The quantitative estimate of drug-likeness (QED) is 0.834. The monoisotopic (exact) mass is 276 g/mol. The molecule has 14 heavy (non-hydrogen) atoms. The second-order valence-corrected chi connectivity index (χ2v) is 5.78. The highest BCUT2D eigenvalue weighted by atomic mass is 79.9. The van der Waals surface area contributed by atoms with E-state index in [9.17, 15) is 0 Å². The van der Waals surface area contributed by atoms with Crippen molar-refractivity contribution in [2.75, 3.05) is 25.5 Å². The van der Waals surface area contributed by atoms with Crippen LogP contribution in [-0.4, -0.2) is 20.1 Å². The average Bonchev–Trinajstić information content (AvgIpc) is 2.59. The molecule has 1 atom stereocenters. The predicted octanol–water partition coefficient (Wildman–Crippen LogP) is 3.17. The molecule has 2 nitrogen and oxygen atoms in total. The molecule has 0 aliphatic carbocycles. The molecule has 0 spiro atoms. The molecule has 1 aromatic heterocycles. The van der Waals surface area contributed by atoms with Gasteiger partial charge in [-0.25, -0.2) is 0 Å². The lowest BCUT2D eigenvalue weighted by Crippen LogP contribution is -2.24. The molecule has 0 saturated carbocycles. The van der Waals surface area contributed by atoms with Crippen molar-refractivity contribution in [2.45, 2.75) is 13.3 Å². The van der Waals surface area contributed by atoms with E-state index in [2.05, 4.69) is 45.6 Å². The Morgan fingerprint density at radius 2 is 2.21 bits per heavy atom. The van der Waals surface area contributed by atoms with Gasteiger partial charge in [-0.2, -0.15) is 0 Å². The molecule has 4 heteroatoms. The molecule has 1 heterocycles. The molecule has 2 N–H and O–H groups in total. The van der Waals surface area contributed by atoms with Crippen molar-refractivity contribution in [3.63, 3.8) is 0 Å². The van der Waals surface area contributed by atoms with Crippen LogP contribution in [-0.2, 0) is 0 Å². The lowest BCUT2D eigenvalue weighted by molar-refractivity contribution is 0.507. The van der Waals surface area contributed by atoms with Crippen molar-refractivity contribution in [3.8, 4) is 0 Å². The molecule has 0 saturated heterocycles. The maximum Gasteiger partial charge on any atom is 0.0894 e. The summed E-state index contributed by atoms with van der Waals surface area (Å²) < 4.78 is 1.18. The van der Waals surface area contributed by atoms with Gasteiger partial charge >= 0.3 is 0 Å². The number of anilines is 1. The van der Waals surface area contributed by atoms with Crippen LogP contribution < -0.4 is 10.6 Å². The minimum atomic E-state index is 0.709. The number of nitrogens with one attached hydrogen (secondary N) is 2. The summed E-state index contributed by atoms with van der Waals surface area (Å²) in [5, 5.41) is 7.91. The van der Waals surface area contributed by atoms with E-state index in [0.29, 0.717) is 5.92 Å². The fourth-order valence-electron chi connectivity index (χ4n) is 1.30. The van der Waals surface area contributed by atoms with Gasteiger partial charge in [0.1, 0.15) is 0 Å². The molecule has 0 aliphatic heterocycles. The predicted molar refractivity (Wildman–Crippen MR) is 68.2 cm³/mol. The molecule has 0 bridgehead atoms. The van der Waals surface area contributed by atoms with Crippen molar-refractivity contribution in [3.05, 3.63) is 15.9 Å². The smallest absolute Gasteiger partial charge is 0.0894 e. The van der Waals surface area contributed by atoms with Crippen molar-refractivity contribution in [2.24, 2.45) is 5.92 Å². The zero-order valence-electron chi connectivity index (χ0n) is 8.64. The summed E-state index contributed by atoms with van der Waals surface area (Å²) in [4.78, 5) is 0. The fourth-order valence-corrected chi connectivity index (χ4v) is 2.60. The first kappa shape index (κ1) is 12.0. The van der Waals surface area contributed by atoms with Crippen LogP contribution in [0.1, 0.15) is 13.3 Å². The number of thiophene rings is 1. The Hall–Kier alpha value is -0.0600. The first-order valence-corrected chi connectivity index (χ1v) is 6.51. The van der Waals surface area contributed by atoms with Gasteiger partial charge in [0.25, 0.3) is 0 Å². The molecule has 0 aliphatic rings. The van der Waals surface area contributed by atoms with Crippen LogP contribution >= 0.6 is 27.3 Å². The van der Waals surface area contributed by atoms with Crippen LogP contribution in [0.2, 0.25) is 0 Å². The molecule has 1 unspecified atom stereocenters. The third-order valence-electron chi connectivity index (χ3n) is 2.21. The number of rotatable bonds is 6. The van der Waals surface area contributed by atoms with Crippen LogP contribution in [0.15, 0.2) is 15.9 Å². The first-order valence-electron chi connectivity index (χ1n) is 4.90. The van der Waals surface area contributed by atoms with Gasteiger partial charge in [-0.15, -0.1) is 11.3 Å². The lowest BCUT2D eigenvalue weighted by Gasteiger charge is -2.14. The standard InChI is InChI=1S/C10H17BrN2S/c1-3-8(6-12-2)7-13-10-5-4-9(11)14-10/h4-5,8,12-13H,3,6-7H2,1-2H3. The summed E-state index contributed by atoms with van der Waals surface area (Å²) in [6.45, 7) is 4.36. The minimum absolute atomic E-state index is 0.709. The second-order valence-electron chi connectivity index (χ2n) is 3.32. The molecule has 80 valence electrons. The molecule has 0 radical (unpaired) electrons. The lowest BCUT2D eigenvalue weighted by atomic mass is 10.1. The molecule has 1 rings (SSSR count). The highest BCUT2D eigenvalue weighted by Crippen LogP contribution is 2.26. The third-order valence-corrected chi connectivity index (χ3v) is 3.79. The van der Waals surface area contributed by atoms with E-state index in [4.69, 9.17) is 0 Å². The molecular weight excluding hydrogens is 260 g/mol. The van der Waals surface area contributed by atoms with Crippen LogP contribution in [0.5, 0.6) is 0 Å². The summed E-state index contributed by atoms with van der Waals surface area (Å²) in [6, 6.07) is 4.19. The van der Waals surface area contributed by atoms with Gasteiger partial charge in [-0.05, 0) is 47.6 Å². The topological polar surface area (TPSA) is 24.1 Å². The van der Waals surface area contributed by atoms with Crippen molar-refractivity contribution in [1.82, 2.24) is 5.32 Å². The Balaban J connectivity index is 2.31. The van der Waals surface area contributed by atoms with Crippen LogP contribution in [0, 0.1) is 5.92 Å². The first-order chi connectivity index (χ1) is 6.76. The molecule has 1 aromatic rings. The van der Waals surface area contributed by atoms with Crippen LogP contribution in [0.25, 0.3) is 0 Å². The third kappa shape index (κ3) is 3.98. The van der Waals surface area contributed by atoms with E-state index in [1.165, 1.54) is 15.2 Å². The van der Waals surface area contributed by atoms with Gasteiger partial charge < -0.3 is 10.6 Å². The highest BCUT2D eigenvalue weighted by Gasteiger charge is 2.05. The summed E-state index contributed by atoms with van der Waals surface area (Å²) >= 11 is 5.20. The second kappa shape index (κ2) is 6.43. The zero-order chi connectivity index (χ0) is 10.4. The Kier molecular flexibility index (Phi) is 5.52. The minimum Gasteiger partial charge on any atom is -0.377 e. The zero-order valence-corrected chi connectivity index (χ0v) is 11.0. The fraction of sp³-hybridized carbons (Fsp3) is 0.600. The molecular formula is C10H17BrN2S. The Morgan fingerprint density at radius 1 is 1.43 bits per heavy atom. The van der Waals surface area contributed by atoms with Crippen LogP contribution in [0.4, 0.5) is 5.00 Å². The summed E-state index contributed by atoms with van der Waals surface area (Å²) in [5.74, 6) is 0.709. The largest absolute Gasteiger partial charge is 0.377 e. The van der Waals surface area contributed by atoms with E-state index < -0.39 is 0 Å². The number of halogens is 1. The molecule has 0 aromatic carbocycles. The Bertz CT molecular complexity index is 262. The SMILES string of the molecule is CCC(CNC)CNc1ccc(Br)s1. The Morgan fingerprint density at radius 3 is 2.71 bits per heavy atom. The molecule has 0 amide bonds. The van der Waals surface area contributed by atoms with Gasteiger partial charge in [0, 0.05) is 6.54 Å². The maximum absolute atomic E-state index is 3.45. The Labute approximate surface area is 98.2 Å². The van der Waals surface area contributed by atoms with Crippen molar-refractivity contribution in [1.29, 1.82) is 0 Å². The summed E-state index contributed by atoms with van der Waals surface area (Å²) in [5.41, 5.74) is 0. The van der Waals surface area contributed by atoms with Crippen LogP contribution in [0.3, 0.4) is 0 Å². The van der Waals surface area contributed by atoms with E-state index in [1.54, 1.807) is 11.3 Å². The number of hydrogen-bond acceptors (Lipinski definition) is 3. The van der Waals surface area contributed by atoms with Crippen molar-refractivity contribution >= 4 is 32.3 Å². The van der Waals surface area contributed by atoms with Crippen molar-refractivity contribution < 1.29 is 0 Å². The van der Waals surface area contributed by atoms with E-state index >= 15 is 0 Å².